The fourth-order valence-corrected chi connectivity index (χ4v) is 4.45. The van der Waals surface area contributed by atoms with Gasteiger partial charge in [0.05, 0.1) is 19.8 Å². The molecule has 0 bridgehead atoms. The second-order valence-corrected chi connectivity index (χ2v) is 10.1. The fraction of sp³-hybridized carbons (Fsp3) is 0.600. The minimum atomic E-state index is -7.43. The number of hydrogen-bond acceptors (Lipinski definition) is 7. The van der Waals surface area contributed by atoms with Gasteiger partial charge >= 0.3 is 33.4 Å². The Bertz CT molecular complexity index is 1110. The van der Waals surface area contributed by atoms with E-state index in [1.807, 2.05) is 0 Å². The van der Waals surface area contributed by atoms with E-state index >= 15 is 0 Å². The zero-order chi connectivity index (χ0) is 28.1. The van der Waals surface area contributed by atoms with Gasteiger partial charge in [0.1, 0.15) is 17.9 Å². The van der Waals surface area contributed by atoms with Crippen molar-refractivity contribution >= 4 is 10.1 Å². The van der Waals surface area contributed by atoms with Gasteiger partial charge in [-0.1, -0.05) is 30.3 Å². The summed E-state index contributed by atoms with van der Waals surface area (Å²) in [5.74, 6) is -17.2. The van der Waals surface area contributed by atoms with Crippen molar-refractivity contribution in [3.8, 4) is 0 Å². The molecule has 2 aliphatic heterocycles. The molecule has 17 heteroatoms. The van der Waals surface area contributed by atoms with Crippen molar-refractivity contribution in [3.05, 3.63) is 47.7 Å². The third kappa shape index (κ3) is 5.41. The van der Waals surface area contributed by atoms with Crippen molar-refractivity contribution in [3.63, 3.8) is 0 Å². The Balaban J connectivity index is 1.97. The topological polar surface area (TPSA) is 74.3 Å². The van der Waals surface area contributed by atoms with Crippen molar-refractivity contribution in [1.29, 1.82) is 0 Å². The summed E-state index contributed by atoms with van der Waals surface area (Å²) in [6, 6.07) is 6.51. The molecule has 1 aromatic carbocycles. The van der Waals surface area contributed by atoms with Gasteiger partial charge in [0, 0.05) is 0 Å². The number of rotatable bonds is 8. The molecular formula is C20H20F9NO6S. The number of hydroxylamine groups is 2. The monoisotopic (exact) mass is 573 g/mol. The van der Waals surface area contributed by atoms with Crippen LogP contribution in [0.1, 0.15) is 19.4 Å². The zero-order valence-corrected chi connectivity index (χ0v) is 19.8. The van der Waals surface area contributed by atoms with E-state index in [0.29, 0.717) is 11.6 Å². The molecular weight excluding hydrogens is 553 g/mol. The normalized spacial score (nSPS) is 24.1. The molecule has 7 nitrogen and oxygen atoms in total. The molecule has 210 valence electrons. The van der Waals surface area contributed by atoms with Crippen molar-refractivity contribution in [2.24, 2.45) is 0 Å². The van der Waals surface area contributed by atoms with Crippen LogP contribution in [-0.2, 0) is 35.2 Å². The molecule has 0 spiro atoms. The average Bonchev–Trinajstić information content (AvgIpc) is 3.12. The highest BCUT2D eigenvalue weighted by Gasteiger charge is 2.86. The van der Waals surface area contributed by atoms with E-state index in [4.69, 9.17) is 14.3 Å². The second-order valence-electron chi connectivity index (χ2n) is 8.48. The Morgan fingerprint density at radius 3 is 2.11 bits per heavy atom. The Labute approximate surface area is 204 Å². The molecule has 37 heavy (non-hydrogen) atoms. The minimum absolute atomic E-state index is 0.161. The lowest BCUT2D eigenvalue weighted by atomic mass is 10.1. The first-order valence-electron chi connectivity index (χ1n) is 10.3. The predicted molar refractivity (Wildman–Crippen MR) is 106 cm³/mol. The maximum Gasteiger partial charge on any atom is 0.460 e. The van der Waals surface area contributed by atoms with Gasteiger partial charge in [-0.15, -0.1) is 0 Å². The van der Waals surface area contributed by atoms with Crippen LogP contribution in [0.4, 0.5) is 39.5 Å². The number of ether oxygens (including phenoxy) is 2. The molecule has 0 saturated carbocycles. The highest BCUT2D eigenvalue weighted by atomic mass is 32.2. The van der Waals surface area contributed by atoms with Crippen LogP contribution in [0.15, 0.2) is 42.2 Å². The van der Waals surface area contributed by atoms with Crippen LogP contribution in [0.5, 0.6) is 0 Å². The number of hydrogen-bond donors (Lipinski definition) is 0. The summed E-state index contributed by atoms with van der Waals surface area (Å²) in [4.78, 5) is 5.41. The molecule has 1 fully saturated rings. The molecule has 2 aliphatic rings. The van der Waals surface area contributed by atoms with E-state index in [-0.39, 0.29) is 13.2 Å². The highest BCUT2D eigenvalue weighted by molar-refractivity contribution is 7.88. The Kier molecular flexibility index (Phi) is 7.64. The number of nitrogens with zero attached hydrogens (tertiary/aromatic N) is 1. The summed E-state index contributed by atoms with van der Waals surface area (Å²) < 4.78 is 159. The summed E-state index contributed by atoms with van der Waals surface area (Å²) in [5, 5.41) is -6.02. The molecule has 3 rings (SSSR count). The van der Waals surface area contributed by atoms with Gasteiger partial charge in [-0.2, -0.15) is 53.0 Å². The minimum Gasteiger partial charge on any atom is -0.381 e. The van der Waals surface area contributed by atoms with E-state index in [0.717, 1.165) is 5.06 Å². The van der Waals surface area contributed by atoms with E-state index in [1.54, 1.807) is 30.3 Å². The van der Waals surface area contributed by atoms with Gasteiger partial charge in [0.25, 0.3) is 0 Å². The average molecular weight is 573 g/mol. The third-order valence-corrected chi connectivity index (χ3v) is 6.62. The van der Waals surface area contributed by atoms with Crippen molar-refractivity contribution in [1.82, 2.24) is 5.06 Å². The van der Waals surface area contributed by atoms with Gasteiger partial charge in [0.2, 0.25) is 0 Å². The molecule has 0 aliphatic carbocycles. The lowest BCUT2D eigenvalue weighted by Gasteiger charge is -2.38. The van der Waals surface area contributed by atoms with Crippen LogP contribution < -0.4 is 0 Å². The highest BCUT2D eigenvalue weighted by Crippen LogP contribution is 2.55. The van der Waals surface area contributed by atoms with Gasteiger partial charge < -0.3 is 13.7 Å². The third-order valence-electron chi connectivity index (χ3n) is 5.33. The van der Waals surface area contributed by atoms with Crippen molar-refractivity contribution in [2.75, 3.05) is 13.2 Å². The summed E-state index contributed by atoms with van der Waals surface area (Å²) in [6.45, 7) is 1.84. The molecule has 0 amide bonds. The van der Waals surface area contributed by atoms with Gasteiger partial charge in [-0.05, 0) is 25.5 Å². The first kappa shape index (κ1) is 29.5. The van der Waals surface area contributed by atoms with Gasteiger partial charge in [-0.3, -0.25) is 4.84 Å². The van der Waals surface area contributed by atoms with E-state index in [1.165, 1.54) is 13.8 Å². The lowest BCUT2D eigenvalue weighted by Crippen LogP contribution is -2.63. The van der Waals surface area contributed by atoms with Gasteiger partial charge in [-0.25, -0.2) is 0 Å². The molecule has 0 N–H and O–H groups in total. The first-order chi connectivity index (χ1) is 16.7. The molecule has 0 unspecified atom stereocenters. The molecule has 2 atom stereocenters. The number of halogens is 9. The SMILES string of the molecule is CC1(C)OC[C@H]([C@H]2C(OS(=O)(=O)C(F)(F)C(F)(F)C(F)(F)C(F)(F)F)=CCON2Cc2ccccc2)O1. The maximum absolute atomic E-state index is 14.3. The Hall–Kier alpha value is -2.08. The Morgan fingerprint density at radius 1 is 1.00 bits per heavy atom. The van der Waals surface area contributed by atoms with Crippen LogP contribution in [0.25, 0.3) is 0 Å². The standard InChI is InChI=1S/C20H20F9NO6S/c1-16(2)33-11-14(35-16)15-13(8-9-34-30(15)10-12-6-4-3-5-7-12)36-37(31,32)20(28,29)18(23,24)17(21,22)19(25,26)27/h3-8,14-15H,9-11H2,1-2H3/t14-,15-/m1/s1. The summed E-state index contributed by atoms with van der Waals surface area (Å²) in [5.41, 5.74) is 0.538. The van der Waals surface area contributed by atoms with Gasteiger partial charge in [0.15, 0.2) is 5.79 Å². The number of alkyl halides is 9. The first-order valence-corrected chi connectivity index (χ1v) is 11.7. The Morgan fingerprint density at radius 2 is 1.59 bits per heavy atom. The second kappa shape index (κ2) is 9.59. The molecule has 1 aromatic rings. The lowest BCUT2D eigenvalue weighted by molar-refractivity contribution is -0.382. The van der Waals surface area contributed by atoms with Crippen LogP contribution in [0.3, 0.4) is 0 Å². The molecule has 0 radical (unpaired) electrons. The molecule has 0 aromatic heterocycles. The summed E-state index contributed by atoms with van der Waals surface area (Å²) in [6.07, 6.45) is -7.72. The maximum atomic E-state index is 14.3. The quantitative estimate of drug-likeness (QED) is 0.332. The number of benzene rings is 1. The predicted octanol–water partition coefficient (Wildman–Crippen LogP) is 4.61. The van der Waals surface area contributed by atoms with Crippen LogP contribution in [0, 0.1) is 0 Å². The van der Waals surface area contributed by atoms with E-state index in [9.17, 15) is 47.9 Å². The molecule has 1 saturated heterocycles. The molecule has 2 heterocycles. The fourth-order valence-electron chi connectivity index (χ4n) is 3.49. The largest absolute Gasteiger partial charge is 0.460 e. The van der Waals surface area contributed by atoms with Crippen molar-refractivity contribution < 1.29 is 66.4 Å². The van der Waals surface area contributed by atoms with E-state index in [2.05, 4.69) is 4.18 Å². The van der Waals surface area contributed by atoms with E-state index < -0.39 is 63.7 Å². The summed E-state index contributed by atoms with van der Waals surface area (Å²) in [7, 11) is -7.16. The van der Waals surface area contributed by atoms with Crippen LogP contribution in [0.2, 0.25) is 0 Å². The zero-order valence-electron chi connectivity index (χ0n) is 18.9. The van der Waals surface area contributed by atoms with Crippen LogP contribution in [-0.4, -0.2) is 67.9 Å². The smallest absolute Gasteiger partial charge is 0.381 e. The van der Waals surface area contributed by atoms with Crippen molar-refractivity contribution in [2.45, 2.75) is 61.6 Å². The summed E-state index contributed by atoms with van der Waals surface area (Å²) >= 11 is 0. The van der Waals surface area contributed by atoms with Crippen LogP contribution >= 0.6 is 0 Å².